The number of benzene rings is 2. The monoisotopic (exact) mass is 221 g/mol. The molecule has 0 atom stereocenters. The molecule has 0 aliphatic rings. The second-order valence-corrected chi connectivity index (χ2v) is 3.58. The molecule has 17 heavy (non-hydrogen) atoms. The Hall–Kier alpha value is -2.49. The number of aromatic amines is 1. The molecule has 2 aromatic carbocycles. The normalized spacial score (nSPS) is 11.3. The molecule has 0 amide bonds. The zero-order valence-electron chi connectivity index (χ0n) is 8.96. The van der Waals surface area contributed by atoms with Gasteiger partial charge >= 0.3 is 0 Å². The number of rotatable bonds is 2. The maximum Gasteiger partial charge on any atom is 0.142 e. The quantitative estimate of drug-likeness (QED) is 0.658. The highest BCUT2D eigenvalue weighted by Gasteiger charge is 1.98. The van der Waals surface area contributed by atoms with Gasteiger partial charge in [0.25, 0.3) is 0 Å². The van der Waals surface area contributed by atoms with Crippen LogP contribution in [0, 0.1) is 6.20 Å². The molecule has 0 saturated heterocycles. The van der Waals surface area contributed by atoms with Gasteiger partial charge in [0.05, 0.1) is 11.9 Å². The van der Waals surface area contributed by atoms with Crippen LogP contribution in [0.4, 0.5) is 11.4 Å². The lowest BCUT2D eigenvalue weighted by atomic mass is 10.1. The zero-order valence-corrected chi connectivity index (χ0v) is 8.96. The Morgan fingerprint density at radius 1 is 1.00 bits per heavy atom. The molecule has 3 aromatic rings. The first-order valence-corrected chi connectivity index (χ1v) is 5.24. The summed E-state index contributed by atoms with van der Waals surface area (Å²) in [5, 5.41) is 16.8. The number of nitrogens with zero attached hydrogens (tertiary/aromatic N) is 3. The van der Waals surface area contributed by atoms with E-state index in [2.05, 4.69) is 38.8 Å². The smallest absolute Gasteiger partial charge is 0.142 e. The van der Waals surface area contributed by atoms with E-state index in [-0.39, 0.29) is 0 Å². The molecule has 4 nitrogen and oxygen atoms in total. The van der Waals surface area contributed by atoms with Gasteiger partial charge in [0.1, 0.15) is 11.9 Å². The van der Waals surface area contributed by atoms with Crippen molar-refractivity contribution in [3.8, 4) is 0 Å². The molecule has 0 bridgehead atoms. The Kier molecular flexibility index (Phi) is 2.38. The van der Waals surface area contributed by atoms with E-state index >= 15 is 0 Å². The Morgan fingerprint density at radius 3 is 2.76 bits per heavy atom. The van der Waals surface area contributed by atoms with E-state index in [9.17, 15) is 0 Å². The van der Waals surface area contributed by atoms with Crippen molar-refractivity contribution in [2.45, 2.75) is 0 Å². The SMILES string of the molecule is [c]1n[nH]cc1N=Nc1cccc2ccccc12. The van der Waals surface area contributed by atoms with Crippen molar-refractivity contribution < 1.29 is 0 Å². The number of nitrogens with one attached hydrogen (secondary N) is 1. The van der Waals surface area contributed by atoms with Crippen molar-refractivity contribution in [1.82, 2.24) is 10.2 Å². The van der Waals surface area contributed by atoms with Crippen LogP contribution in [0.15, 0.2) is 58.9 Å². The second kappa shape index (κ2) is 4.17. The summed E-state index contributed by atoms with van der Waals surface area (Å²) in [5.41, 5.74) is 1.44. The van der Waals surface area contributed by atoms with Crippen LogP contribution in [0.25, 0.3) is 10.8 Å². The maximum absolute atomic E-state index is 4.21. The molecule has 1 heterocycles. The predicted octanol–water partition coefficient (Wildman–Crippen LogP) is 3.78. The van der Waals surface area contributed by atoms with Crippen LogP contribution in [0.2, 0.25) is 0 Å². The molecule has 0 fully saturated rings. The van der Waals surface area contributed by atoms with E-state index in [0.717, 1.165) is 16.5 Å². The van der Waals surface area contributed by atoms with E-state index in [1.807, 2.05) is 30.3 Å². The third kappa shape index (κ3) is 1.92. The van der Waals surface area contributed by atoms with Crippen LogP contribution in [-0.4, -0.2) is 10.2 Å². The number of fused-ring (bicyclic) bond motifs is 1. The van der Waals surface area contributed by atoms with E-state index in [1.165, 1.54) is 0 Å². The van der Waals surface area contributed by atoms with Gasteiger partial charge < -0.3 is 0 Å². The van der Waals surface area contributed by atoms with Gasteiger partial charge in [0.15, 0.2) is 0 Å². The molecule has 4 heteroatoms. The molecular weight excluding hydrogens is 212 g/mol. The van der Waals surface area contributed by atoms with Gasteiger partial charge in [-0.05, 0) is 11.5 Å². The van der Waals surface area contributed by atoms with E-state index in [4.69, 9.17) is 0 Å². The van der Waals surface area contributed by atoms with E-state index in [0.29, 0.717) is 5.69 Å². The fourth-order valence-electron chi connectivity index (χ4n) is 1.67. The minimum atomic E-state index is 0.595. The average Bonchev–Trinajstić information content (AvgIpc) is 2.89. The highest BCUT2D eigenvalue weighted by molar-refractivity contribution is 5.92. The molecule has 0 saturated carbocycles. The van der Waals surface area contributed by atoms with Crippen LogP contribution in [0.3, 0.4) is 0 Å². The molecule has 1 N–H and O–H groups in total. The van der Waals surface area contributed by atoms with Gasteiger partial charge in [0, 0.05) is 5.39 Å². The first-order valence-electron chi connectivity index (χ1n) is 5.24. The molecule has 0 unspecified atom stereocenters. The molecule has 1 aromatic heterocycles. The van der Waals surface area contributed by atoms with Gasteiger partial charge in [-0.3, -0.25) is 5.10 Å². The molecule has 1 radical (unpaired) electrons. The van der Waals surface area contributed by atoms with Crippen molar-refractivity contribution in [1.29, 1.82) is 0 Å². The van der Waals surface area contributed by atoms with Gasteiger partial charge in [-0.15, -0.1) is 10.2 Å². The lowest BCUT2D eigenvalue weighted by Gasteiger charge is -1.99. The molecule has 0 aliphatic carbocycles. The fourth-order valence-corrected chi connectivity index (χ4v) is 1.67. The summed E-state index contributed by atoms with van der Waals surface area (Å²) in [5.74, 6) is 0. The predicted molar refractivity (Wildman–Crippen MR) is 65.5 cm³/mol. The molecule has 3 rings (SSSR count). The standard InChI is InChI=1S/C13H9N4/c1-2-6-12-10(4-1)5-3-7-13(12)17-16-11-8-14-15-9-11/h1-8H,(H,14,15). The summed E-state index contributed by atoms with van der Waals surface area (Å²) < 4.78 is 0. The fraction of sp³-hybridized carbons (Fsp3) is 0. The van der Waals surface area contributed by atoms with Crippen LogP contribution in [0.5, 0.6) is 0 Å². The summed E-state index contributed by atoms with van der Waals surface area (Å²) in [6.07, 6.45) is 4.34. The van der Waals surface area contributed by atoms with E-state index in [1.54, 1.807) is 6.20 Å². The van der Waals surface area contributed by atoms with Crippen molar-refractivity contribution in [3.63, 3.8) is 0 Å². The van der Waals surface area contributed by atoms with Crippen LogP contribution >= 0.6 is 0 Å². The van der Waals surface area contributed by atoms with Gasteiger partial charge in [-0.25, -0.2) is 0 Å². The molecule has 81 valence electrons. The largest absolute Gasteiger partial charge is 0.283 e. The van der Waals surface area contributed by atoms with Crippen LogP contribution < -0.4 is 0 Å². The third-order valence-corrected chi connectivity index (χ3v) is 2.47. The number of azo groups is 1. The minimum absolute atomic E-state index is 0.595. The summed E-state index contributed by atoms with van der Waals surface area (Å²) >= 11 is 0. The van der Waals surface area contributed by atoms with Crippen LogP contribution in [-0.2, 0) is 0 Å². The third-order valence-electron chi connectivity index (χ3n) is 2.47. The van der Waals surface area contributed by atoms with Gasteiger partial charge in [0.2, 0.25) is 0 Å². The van der Waals surface area contributed by atoms with Crippen molar-refractivity contribution in [2.75, 3.05) is 0 Å². The molecular formula is C13H9N4. The second-order valence-electron chi connectivity index (χ2n) is 3.58. The van der Waals surface area contributed by atoms with Gasteiger partial charge in [-0.2, -0.15) is 5.10 Å². The first-order chi connectivity index (χ1) is 8.43. The van der Waals surface area contributed by atoms with E-state index < -0.39 is 0 Å². The summed E-state index contributed by atoms with van der Waals surface area (Å²) in [7, 11) is 0. The Balaban J connectivity index is 2.06. The highest BCUT2D eigenvalue weighted by Crippen LogP contribution is 2.26. The average molecular weight is 221 g/mol. The van der Waals surface area contributed by atoms with Crippen LogP contribution in [0.1, 0.15) is 0 Å². The number of aromatic nitrogens is 2. The lowest BCUT2D eigenvalue weighted by molar-refractivity contribution is 1.08. The summed E-state index contributed by atoms with van der Waals surface area (Å²) in [4.78, 5) is 0. The first kappa shape index (κ1) is 9.72. The molecule has 0 aliphatic heterocycles. The number of hydrogen-bond acceptors (Lipinski definition) is 3. The Bertz CT molecular complexity index is 651. The topological polar surface area (TPSA) is 53.4 Å². The highest BCUT2D eigenvalue weighted by atomic mass is 15.2. The summed E-state index contributed by atoms with van der Waals surface area (Å²) in [6.45, 7) is 0. The zero-order chi connectivity index (χ0) is 11.5. The van der Waals surface area contributed by atoms with Crippen molar-refractivity contribution >= 4 is 22.1 Å². The van der Waals surface area contributed by atoms with Gasteiger partial charge in [-0.1, -0.05) is 36.4 Å². The minimum Gasteiger partial charge on any atom is -0.283 e. The number of H-pyrrole nitrogens is 1. The maximum atomic E-state index is 4.21. The Morgan fingerprint density at radius 2 is 1.88 bits per heavy atom. The van der Waals surface area contributed by atoms with Crippen molar-refractivity contribution in [3.05, 3.63) is 54.9 Å². The van der Waals surface area contributed by atoms with Crippen molar-refractivity contribution in [2.24, 2.45) is 10.2 Å². The Labute approximate surface area is 98.0 Å². The number of hydrogen-bond donors (Lipinski definition) is 1. The lowest BCUT2D eigenvalue weighted by Crippen LogP contribution is -1.71. The summed E-state index contributed by atoms with van der Waals surface area (Å²) in [6, 6.07) is 14.0. The molecule has 0 spiro atoms.